The van der Waals surface area contributed by atoms with Gasteiger partial charge in [-0.25, -0.2) is 0 Å². The van der Waals surface area contributed by atoms with Crippen LogP contribution in [0.1, 0.15) is 63.5 Å². The third-order valence-electron chi connectivity index (χ3n) is 5.19. The summed E-state index contributed by atoms with van der Waals surface area (Å²) in [7, 11) is 0. The van der Waals surface area contributed by atoms with Crippen molar-refractivity contribution in [3.63, 3.8) is 0 Å². The van der Waals surface area contributed by atoms with E-state index in [9.17, 15) is 9.59 Å². The summed E-state index contributed by atoms with van der Waals surface area (Å²) in [4.78, 5) is 24.3. The Morgan fingerprint density at radius 3 is 2.42 bits per heavy atom. The van der Waals surface area contributed by atoms with Gasteiger partial charge in [0.25, 0.3) is 0 Å². The summed E-state index contributed by atoms with van der Waals surface area (Å²) in [6.45, 7) is 11.3. The minimum atomic E-state index is 0.0436. The highest BCUT2D eigenvalue weighted by Crippen LogP contribution is 2.22. The molecule has 0 fully saturated rings. The van der Waals surface area contributed by atoms with Gasteiger partial charge >= 0.3 is 0 Å². The molecule has 0 aliphatic rings. The second-order valence-corrected chi connectivity index (χ2v) is 8.19. The lowest BCUT2D eigenvalue weighted by Crippen LogP contribution is -2.26. The van der Waals surface area contributed by atoms with Crippen molar-refractivity contribution in [3.8, 4) is 0 Å². The van der Waals surface area contributed by atoms with Gasteiger partial charge in [-0.1, -0.05) is 62.2 Å². The number of nitrogens with one attached hydrogen (secondary N) is 1. The number of amides is 1. The van der Waals surface area contributed by atoms with Gasteiger partial charge in [0.15, 0.2) is 0 Å². The maximum atomic E-state index is 11.5. The van der Waals surface area contributed by atoms with E-state index in [2.05, 4.69) is 36.2 Å². The van der Waals surface area contributed by atoms with Crippen molar-refractivity contribution < 1.29 is 9.59 Å². The van der Waals surface area contributed by atoms with Crippen molar-refractivity contribution in [1.29, 1.82) is 0 Å². The summed E-state index contributed by atoms with van der Waals surface area (Å²) in [5, 5.41) is 3.72. The number of hydrogen-bond acceptors (Lipinski definition) is 3. The zero-order valence-electron chi connectivity index (χ0n) is 19.4. The molecular weight excluding hydrogens is 408 g/mol. The van der Waals surface area contributed by atoms with E-state index in [1.54, 1.807) is 0 Å². The third kappa shape index (κ3) is 11.7. The number of nitrogens with zero attached hydrogens (tertiary/aromatic N) is 1. The third-order valence-corrected chi connectivity index (χ3v) is 5.45. The first kappa shape index (κ1) is 26.9. The van der Waals surface area contributed by atoms with E-state index >= 15 is 0 Å². The van der Waals surface area contributed by atoms with Crippen molar-refractivity contribution in [3.05, 3.63) is 64.7 Å². The van der Waals surface area contributed by atoms with Gasteiger partial charge in [0.05, 0.1) is 0 Å². The minimum Gasteiger partial charge on any atom is -0.326 e. The molecule has 0 saturated heterocycles. The number of carbonyl (C=O) groups excluding carboxylic acids is 2. The zero-order chi connectivity index (χ0) is 23.1. The van der Waals surface area contributed by atoms with E-state index in [-0.39, 0.29) is 5.91 Å². The Balaban J connectivity index is 0.000000500. The van der Waals surface area contributed by atoms with Crippen molar-refractivity contribution in [2.45, 2.75) is 59.3 Å². The van der Waals surface area contributed by atoms with Gasteiger partial charge in [-0.3, -0.25) is 4.79 Å². The minimum absolute atomic E-state index is 0.0436. The molecule has 1 atom stereocenters. The number of aryl methyl sites for hydroxylation is 1. The molecular formula is C26H37ClN2O2. The van der Waals surface area contributed by atoms with E-state index in [0.717, 1.165) is 49.5 Å². The van der Waals surface area contributed by atoms with Crippen molar-refractivity contribution >= 4 is 29.5 Å². The summed E-state index contributed by atoms with van der Waals surface area (Å²) < 4.78 is 0. The largest absolute Gasteiger partial charge is 0.326 e. The lowest BCUT2D eigenvalue weighted by atomic mass is 9.97. The molecule has 1 unspecified atom stereocenters. The van der Waals surface area contributed by atoms with E-state index in [0.29, 0.717) is 18.8 Å². The molecule has 0 aliphatic carbocycles. The zero-order valence-corrected chi connectivity index (χ0v) is 20.1. The second-order valence-electron chi connectivity index (χ2n) is 7.76. The van der Waals surface area contributed by atoms with Crippen LogP contribution in [0.2, 0.25) is 5.02 Å². The number of unbranched alkanes of at least 4 members (excludes halogenated alkanes) is 1. The number of hydrogen-bond donors (Lipinski definition) is 1. The molecule has 0 radical (unpaired) electrons. The van der Waals surface area contributed by atoms with E-state index < -0.39 is 0 Å². The Bertz CT molecular complexity index is 756. The van der Waals surface area contributed by atoms with Crippen molar-refractivity contribution in [1.82, 2.24) is 4.90 Å². The Kier molecular flexibility index (Phi) is 13.5. The van der Waals surface area contributed by atoms with Gasteiger partial charge in [0.2, 0.25) is 5.91 Å². The van der Waals surface area contributed by atoms with Gasteiger partial charge < -0.3 is 15.0 Å². The maximum absolute atomic E-state index is 11.5. The SMILES string of the molecule is CCC(=O)Nc1cccc(C(C)CCN(CC)CCCC=O)c1.Cc1ccc(Cl)cc1. The van der Waals surface area contributed by atoms with Crippen LogP contribution >= 0.6 is 11.6 Å². The number of aldehydes is 1. The summed E-state index contributed by atoms with van der Waals surface area (Å²) in [6, 6.07) is 15.9. The van der Waals surface area contributed by atoms with Crippen molar-refractivity contribution in [2.24, 2.45) is 0 Å². The van der Waals surface area contributed by atoms with Gasteiger partial charge in [-0.15, -0.1) is 0 Å². The molecule has 0 aliphatic heterocycles. The average molecular weight is 445 g/mol. The maximum Gasteiger partial charge on any atom is 0.224 e. The lowest BCUT2D eigenvalue weighted by molar-refractivity contribution is -0.116. The van der Waals surface area contributed by atoms with Gasteiger partial charge in [-0.05, 0) is 75.1 Å². The highest BCUT2D eigenvalue weighted by Gasteiger charge is 2.10. The van der Waals surface area contributed by atoms with Crippen LogP contribution in [0.15, 0.2) is 48.5 Å². The molecule has 31 heavy (non-hydrogen) atoms. The molecule has 2 aromatic carbocycles. The van der Waals surface area contributed by atoms with E-state index in [1.807, 2.05) is 50.2 Å². The normalized spacial score (nSPS) is 11.4. The predicted molar refractivity (Wildman–Crippen MR) is 132 cm³/mol. The average Bonchev–Trinajstić information content (AvgIpc) is 2.78. The number of rotatable bonds is 11. The molecule has 1 amide bonds. The van der Waals surface area contributed by atoms with E-state index in [1.165, 1.54) is 11.1 Å². The quantitative estimate of drug-likeness (QED) is 0.318. The fraction of sp³-hybridized carbons (Fsp3) is 0.462. The molecule has 1 N–H and O–H groups in total. The van der Waals surface area contributed by atoms with Gasteiger partial charge in [0, 0.05) is 23.6 Å². The summed E-state index contributed by atoms with van der Waals surface area (Å²) in [5.74, 6) is 0.482. The topological polar surface area (TPSA) is 49.4 Å². The molecule has 5 heteroatoms. The highest BCUT2D eigenvalue weighted by molar-refractivity contribution is 6.30. The Morgan fingerprint density at radius 2 is 1.84 bits per heavy atom. The van der Waals surface area contributed by atoms with Crippen LogP contribution in [0.5, 0.6) is 0 Å². The van der Waals surface area contributed by atoms with Crippen LogP contribution in [0.3, 0.4) is 0 Å². The second kappa shape index (κ2) is 15.6. The van der Waals surface area contributed by atoms with Crippen LogP contribution in [0.4, 0.5) is 5.69 Å². The summed E-state index contributed by atoms with van der Waals surface area (Å²) >= 11 is 5.61. The van der Waals surface area contributed by atoms with Gasteiger partial charge in [0.1, 0.15) is 6.29 Å². The first-order valence-electron chi connectivity index (χ1n) is 11.2. The molecule has 0 spiro atoms. The molecule has 0 aromatic heterocycles. The Hall–Kier alpha value is -2.17. The number of benzene rings is 2. The highest BCUT2D eigenvalue weighted by atomic mass is 35.5. The lowest BCUT2D eigenvalue weighted by Gasteiger charge is -2.22. The fourth-order valence-electron chi connectivity index (χ4n) is 3.07. The number of anilines is 1. The van der Waals surface area contributed by atoms with Crippen LogP contribution in [0.25, 0.3) is 0 Å². The first-order chi connectivity index (χ1) is 14.9. The Morgan fingerprint density at radius 1 is 1.13 bits per heavy atom. The summed E-state index contributed by atoms with van der Waals surface area (Å²) in [5.41, 5.74) is 3.37. The van der Waals surface area contributed by atoms with E-state index in [4.69, 9.17) is 11.6 Å². The number of halogens is 1. The van der Waals surface area contributed by atoms with Crippen LogP contribution in [-0.4, -0.2) is 36.7 Å². The smallest absolute Gasteiger partial charge is 0.224 e. The van der Waals surface area contributed by atoms with Gasteiger partial charge in [-0.2, -0.15) is 0 Å². The van der Waals surface area contributed by atoms with Crippen LogP contribution < -0.4 is 5.32 Å². The molecule has 2 rings (SSSR count). The monoisotopic (exact) mass is 444 g/mol. The van der Waals surface area contributed by atoms with Crippen LogP contribution in [0, 0.1) is 6.92 Å². The molecule has 2 aromatic rings. The first-order valence-corrected chi connectivity index (χ1v) is 11.5. The van der Waals surface area contributed by atoms with Crippen LogP contribution in [-0.2, 0) is 9.59 Å². The molecule has 4 nitrogen and oxygen atoms in total. The number of carbonyl (C=O) groups is 2. The predicted octanol–water partition coefficient (Wildman–Crippen LogP) is 6.48. The molecule has 0 saturated carbocycles. The standard InChI is InChI=1S/C19H30N2O2.C7H7Cl/c1-4-19(23)20-18-10-8-9-17(15-18)16(3)11-13-21(5-2)12-6-7-14-22;1-6-2-4-7(8)5-3-6/h8-10,14-16H,4-7,11-13H2,1-3H3,(H,20,23);2-5H,1H3. The molecule has 0 heterocycles. The summed E-state index contributed by atoms with van der Waals surface area (Å²) in [6.07, 6.45) is 4.13. The molecule has 0 bridgehead atoms. The fourth-order valence-corrected chi connectivity index (χ4v) is 3.20. The Labute approximate surface area is 193 Å². The van der Waals surface area contributed by atoms with Crippen molar-refractivity contribution in [2.75, 3.05) is 25.0 Å². The molecule has 170 valence electrons.